The fraction of sp³-hybridized carbons (Fsp3) is 0.160. The zero-order chi connectivity index (χ0) is 25.1. The highest BCUT2D eigenvalue weighted by Gasteiger charge is 2.28. The third-order valence-corrected chi connectivity index (χ3v) is 5.80. The van der Waals surface area contributed by atoms with Crippen LogP contribution in [0, 0.1) is 10.1 Å². The largest absolute Gasteiger partial charge is 0.493 e. The first-order chi connectivity index (χ1) is 16.8. The number of nitrogens with one attached hydrogen (secondary N) is 1. The lowest BCUT2D eigenvalue weighted by Crippen LogP contribution is -2.37. The molecule has 178 valence electrons. The van der Waals surface area contributed by atoms with E-state index < -0.39 is 16.7 Å². The van der Waals surface area contributed by atoms with E-state index in [0.29, 0.717) is 34.4 Å². The summed E-state index contributed by atoms with van der Waals surface area (Å²) in [6, 6.07) is 16.6. The molecular weight excluding hydrogens is 472 g/mol. The summed E-state index contributed by atoms with van der Waals surface area (Å²) in [6.45, 7) is 1.86. The average Bonchev–Trinajstić information content (AvgIpc) is 2.98. The summed E-state index contributed by atoms with van der Waals surface area (Å²) in [5, 5.41) is 13.8. The average molecular weight is 493 g/mol. The van der Waals surface area contributed by atoms with E-state index in [1.165, 1.54) is 18.2 Å². The Kier molecular flexibility index (Phi) is 6.79. The summed E-state index contributed by atoms with van der Waals surface area (Å²) in [7, 11) is 3.09. The molecule has 0 aromatic heterocycles. The van der Waals surface area contributed by atoms with E-state index in [0.717, 1.165) is 5.56 Å². The van der Waals surface area contributed by atoms with Gasteiger partial charge in [0.05, 0.1) is 36.4 Å². The Labute approximate surface area is 206 Å². The van der Waals surface area contributed by atoms with Crippen molar-refractivity contribution in [2.24, 2.45) is 9.98 Å². The lowest BCUT2D eigenvalue weighted by atomic mass is 9.92. The molecule has 0 saturated heterocycles. The van der Waals surface area contributed by atoms with Crippen LogP contribution in [0.5, 0.6) is 11.5 Å². The van der Waals surface area contributed by atoms with Crippen molar-refractivity contribution < 1.29 is 19.2 Å². The summed E-state index contributed by atoms with van der Waals surface area (Å²) < 4.78 is 10.8. The standard InChI is InChI=1S/C25H21ClN4O5/c1-14-23(15-9-11-21(34-2)22(13-15)35-3)24(28-19-7-5-4-6-18(19)27-14)29-25(31)16-8-10-20(30(32)33)17(26)12-16/h4-13,23H,1-3H3,(H,28,29,31)/t23-/m1/s1. The number of hydrogen-bond donors (Lipinski definition) is 1. The number of amides is 1. The normalized spacial score (nSPS) is 14.7. The number of nitro benzene ring substituents is 1. The second kappa shape index (κ2) is 9.94. The Morgan fingerprint density at radius 2 is 1.69 bits per heavy atom. The number of hydrogen-bond acceptors (Lipinski definition) is 7. The number of nitro groups is 1. The molecule has 1 heterocycles. The summed E-state index contributed by atoms with van der Waals surface area (Å²) in [5.41, 5.74) is 2.60. The SMILES string of the molecule is COc1ccc([C@H]2C(C)=Nc3ccccc3N=C2NC(=O)c2ccc([N+](=O)[O-])c(Cl)c2)cc1OC. The van der Waals surface area contributed by atoms with Crippen molar-refractivity contribution in [2.75, 3.05) is 14.2 Å². The molecule has 0 radical (unpaired) electrons. The first-order valence-corrected chi connectivity index (χ1v) is 10.9. The van der Waals surface area contributed by atoms with Crippen LogP contribution < -0.4 is 14.8 Å². The van der Waals surface area contributed by atoms with Crippen LogP contribution in [0.25, 0.3) is 0 Å². The number of fused-ring (bicyclic) bond motifs is 1. The highest BCUT2D eigenvalue weighted by Crippen LogP contribution is 2.37. The zero-order valence-corrected chi connectivity index (χ0v) is 19.9. The van der Waals surface area contributed by atoms with Crippen LogP contribution >= 0.6 is 11.6 Å². The number of rotatable bonds is 5. The van der Waals surface area contributed by atoms with Gasteiger partial charge in [-0.25, -0.2) is 4.99 Å². The molecular formula is C25H21ClN4O5. The van der Waals surface area contributed by atoms with Gasteiger partial charge in [0, 0.05) is 17.3 Å². The van der Waals surface area contributed by atoms with E-state index in [9.17, 15) is 14.9 Å². The Hall–Kier alpha value is -4.24. The molecule has 10 heteroatoms. The molecule has 1 aliphatic rings. The summed E-state index contributed by atoms with van der Waals surface area (Å²) in [4.78, 5) is 33.1. The fourth-order valence-electron chi connectivity index (χ4n) is 3.82. The number of methoxy groups -OCH3 is 2. The smallest absolute Gasteiger partial charge is 0.287 e. The number of nitrogens with zero attached hydrogens (tertiary/aromatic N) is 3. The lowest BCUT2D eigenvalue weighted by Gasteiger charge is -2.20. The molecule has 9 nitrogen and oxygen atoms in total. The predicted octanol–water partition coefficient (Wildman–Crippen LogP) is 5.62. The summed E-state index contributed by atoms with van der Waals surface area (Å²) >= 11 is 6.02. The maximum absolute atomic E-state index is 13.2. The Bertz CT molecular complexity index is 1390. The third-order valence-electron chi connectivity index (χ3n) is 5.50. The second-order valence-electron chi connectivity index (χ2n) is 7.66. The van der Waals surface area contributed by atoms with Gasteiger partial charge in [0.1, 0.15) is 10.9 Å². The number of ether oxygens (including phenoxy) is 2. The van der Waals surface area contributed by atoms with Crippen molar-refractivity contribution in [3.8, 4) is 11.5 Å². The minimum atomic E-state index is -0.608. The highest BCUT2D eigenvalue weighted by atomic mass is 35.5. The number of halogens is 1. The quantitative estimate of drug-likeness (QED) is 0.367. The van der Waals surface area contributed by atoms with Gasteiger partial charge in [-0.3, -0.25) is 19.9 Å². The first-order valence-electron chi connectivity index (χ1n) is 10.5. The molecule has 4 rings (SSSR count). The van der Waals surface area contributed by atoms with Crippen LogP contribution in [0.15, 0.2) is 70.6 Å². The van der Waals surface area contributed by atoms with Crippen molar-refractivity contribution in [1.29, 1.82) is 0 Å². The topological polar surface area (TPSA) is 115 Å². The van der Waals surface area contributed by atoms with E-state index in [1.54, 1.807) is 26.4 Å². The van der Waals surface area contributed by atoms with E-state index in [-0.39, 0.29) is 16.3 Å². The first kappa shape index (κ1) is 23.9. The number of para-hydroxylation sites is 2. The maximum Gasteiger partial charge on any atom is 0.287 e. The van der Waals surface area contributed by atoms with Gasteiger partial charge in [0.25, 0.3) is 11.6 Å². The molecule has 0 spiro atoms. The van der Waals surface area contributed by atoms with Gasteiger partial charge in [-0.1, -0.05) is 29.8 Å². The van der Waals surface area contributed by atoms with Crippen molar-refractivity contribution in [1.82, 2.24) is 5.32 Å². The minimum absolute atomic E-state index is 0.134. The van der Waals surface area contributed by atoms with Crippen molar-refractivity contribution in [3.05, 3.63) is 86.9 Å². The summed E-state index contributed by atoms with van der Waals surface area (Å²) in [5.74, 6) is 0.388. The molecule has 1 aliphatic heterocycles. The number of amidine groups is 1. The lowest BCUT2D eigenvalue weighted by molar-refractivity contribution is -0.384. The molecule has 0 unspecified atom stereocenters. The van der Waals surface area contributed by atoms with Crippen LogP contribution in [-0.2, 0) is 0 Å². The highest BCUT2D eigenvalue weighted by molar-refractivity contribution is 6.33. The molecule has 3 aromatic rings. The van der Waals surface area contributed by atoms with Gasteiger partial charge in [-0.15, -0.1) is 0 Å². The van der Waals surface area contributed by atoms with Gasteiger partial charge < -0.3 is 14.8 Å². The molecule has 0 fully saturated rings. The monoisotopic (exact) mass is 492 g/mol. The second-order valence-corrected chi connectivity index (χ2v) is 8.07. The van der Waals surface area contributed by atoms with Crippen molar-refractivity contribution >= 4 is 46.1 Å². The van der Waals surface area contributed by atoms with E-state index in [1.807, 2.05) is 37.3 Å². The van der Waals surface area contributed by atoms with Crippen LogP contribution in [0.3, 0.4) is 0 Å². The van der Waals surface area contributed by atoms with Gasteiger partial charge in [-0.2, -0.15) is 0 Å². The molecule has 1 amide bonds. The van der Waals surface area contributed by atoms with Crippen LogP contribution in [-0.4, -0.2) is 36.6 Å². The fourth-order valence-corrected chi connectivity index (χ4v) is 4.07. The van der Waals surface area contributed by atoms with Gasteiger partial charge in [0.15, 0.2) is 11.5 Å². The van der Waals surface area contributed by atoms with E-state index in [4.69, 9.17) is 31.1 Å². The number of benzene rings is 3. The van der Waals surface area contributed by atoms with Crippen LogP contribution in [0.4, 0.5) is 17.1 Å². The van der Waals surface area contributed by atoms with Gasteiger partial charge in [-0.05, 0) is 48.9 Å². The molecule has 35 heavy (non-hydrogen) atoms. The summed E-state index contributed by atoms with van der Waals surface area (Å²) in [6.07, 6.45) is 0. The Balaban J connectivity index is 1.79. The zero-order valence-electron chi connectivity index (χ0n) is 19.1. The van der Waals surface area contributed by atoms with E-state index >= 15 is 0 Å². The van der Waals surface area contributed by atoms with E-state index in [2.05, 4.69) is 5.32 Å². The number of carbonyl (C=O) groups is 1. The Morgan fingerprint density at radius 1 is 1.00 bits per heavy atom. The van der Waals surface area contributed by atoms with Crippen LogP contribution in [0.2, 0.25) is 5.02 Å². The molecule has 0 aliphatic carbocycles. The van der Waals surface area contributed by atoms with Crippen molar-refractivity contribution in [3.63, 3.8) is 0 Å². The molecule has 0 bridgehead atoms. The third kappa shape index (κ3) is 4.85. The molecule has 1 atom stereocenters. The molecule has 0 saturated carbocycles. The Morgan fingerprint density at radius 3 is 2.31 bits per heavy atom. The van der Waals surface area contributed by atoms with Crippen molar-refractivity contribution in [2.45, 2.75) is 12.8 Å². The van der Waals surface area contributed by atoms with Crippen LogP contribution in [0.1, 0.15) is 28.8 Å². The number of carbonyl (C=O) groups excluding carboxylic acids is 1. The minimum Gasteiger partial charge on any atom is -0.493 e. The van der Waals surface area contributed by atoms with Gasteiger partial charge in [0.2, 0.25) is 0 Å². The number of aliphatic imine (C=N–C) groups is 2. The maximum atomic E-state index is 13.2. The molecule has 3 aromatic carbocycles. The van der Waals surface area contributed by atoms with Gasteiger partial charge >= 0.3 is 0 Å². The predicted molar refractivity (Wildman–Crippen MR) is 134 cm³/mol. The molecule has 1 N–H and O–H groups in total.